The van der Waals surface area contributed by atoms with Gasteiger partial charge < -0.3 is 15.0 Å². The van der Waals surface area contributed by atoms with Crippen molar-refractivity contribution in [3.8, 4) is 5.75 Å². The van der Waals surface area contributed by atoms with E-state index in [4.69, 9.17) is 9.72 Å². The number of thiophene rings is 1. The Balaban J connectivity index is 1.73. The maximum atomic E-state index is 13.0. The summed E-state index contributed by atoms with van der Waals surface area (Å²) < 4.78 is 5.25. The third kappa shape index (κ3) is 3.79. The van der Waals surface area contributed by atoms with Crippen LogP contribution < -0.4 is 15.0 Å². The smallest absolute Gasteiger partial charge is 0.266 e. The minimum absolute atomic E-state index is 0.131. The molecule has 1 aromatic carbocycles. The first-order valence-electron chi connectivity index (χ1n) is 9.97. The number of carbonyl (C=O) groups is 1. The third-order valence-corrected chi connectivity index (χ3v) is 6.68. The summed E-state index contributed by atoms with van der Waals surface area (Å²) in [6.07, 6.45) is 3.58. The lowest BCUT2D eigenvalue weighted by atomic mass is 10.0. The van der Waals surface area contributed by atoms with Crippen molar-refractivity contribution >= 4 is 39.0 Å². The zero-order valence-corrected chi connectivity index (χ0v) is 18.1. The number of aromatic nitrogens is 2. The standard InChI is InChI=1S/C22H26N4O2S/c1-13-8-5-6-11-26(13)20-18-14(2)19(29-22(18)24-15(3)23-20)21(27)25-16-9-7-10-17(12-16)28-4/h7,9-10,12-13H,5-6,8,11H2,1-4H3,(H,25,27)/t13-/m0/s1. The Morgan fingerprint density at radius 1 is 1.28 bits per heavy atom. The lowest BCUT2D eigenvalue weighted by Crippen LogP contribution is -2.38. The normalized spacial score (nSPS) is 16.8. The minimum Gasteiger partial charge on any atom is -0.497 e. The Bertz CT molecular complexity index is 1060. The average molecular weight is 411 g/mol. The summed E-state index contributed by atoms with van der Waals surface area (Å²) in [6.45, 7) is 7.16. The molecule has 6 nitrogen and oxygen atoms in total. The molecule has 3 heterocycles. The fourth-order valence-electron chi connectivity index (χ4n) is 3.95. The fourth-order valence-corrected chi connectivity index (χ4v) is 5.06. The van der Waals surface area contributed by atoms with Crippen LogP contribution in [0.5, 0.6) is 5.75 Å². The second-order valence-corrected chi connectivity index (χ2v) is 8.55. The second-order valence-electron chi connectivity index (χ2n) is 7.56. The molecule has 0 spiro atoms. The molecule has 7 heteroatoms. The maximum absolute atomic E-state index is 13.0. The van der Waals surface area contributed by atoms with Gasteiger partial charge in [-0.1, -0.05) is 6.07 Å². The number of benzene rings is 1. The van der Waals surface area contributed by atoms with Gasteiger partial charge in [0.1, 0.15) is 22.2 Å². The van der Waals surface area contributed by atoms with Gasteiger partial charge in [-0.3, -0.25) is 4.79 Å². The van der Waals surface area contributed by atoms with E-state index in [0.29, 0.717) is 22.4 Å². The van der Waals surface area contributed by atoms with Crippen LogP contribution in [0.1, 0.15) is 47.2 Å². The SMILES string of the molecule is COc1cccc(NC(=O)c2sc3nc(C)nc(N4CCCC[C@@H]4C)c3c2C)c1. The summed E-state index contributed by atoms with van der Waals surface area (Å²) in [5.41, 5.74) is 1.65. The van der Waals surface area contributed by atoms with Crippen LogP contribution in [0.25, 0.3) is 10.2 Å². The van der Waals surface area contributed by atoms with Crippen molar-refractivity contribution in [2.75, 3.05) is 23.9 Å². The molecule has 1 N–H and O–H groups in total. The highest BCUT2D eigenvalue weighted by molar-refractivity contribution is 7.20. The van der Waals surface area contributed by atoms with Gasteiger partial charge in [-0.15, -0.1) is 11.3 Å². The highest BCUT2D eigenvalue weighted by Gasteiger charge is 2.26. The largest absolute Gasteiger partial charge is 0.497 e. The van der Waals surface area contributed by atoms with E-state index in [2.05, 4.69) is 22.1 Å². The molecule has 1 aliphatic heterocycles. The Labute approximate surface area is 174 Å². The molecule has 1 aliphatic rings. The molecule has 1 amide bonds. The highest BCUT2D eigenvalue weighted by atomic mass is 32.1. The van der Waals surface area contributed by atoms with Crippen molar-refractivity contribution in [3.05, 3.63) is 40.5 Å². The summed E-state index contributed by atoms with van der Waals surface area (Å²) in [5.74, 6) is 2.29. The Morgan fingerprint density at radius 2 is 2.10 bits per heavy atom. The second kappa shape index (κ2) is 7.99. The van der Waals surface area contributed by atoms with Gasteiger partial charge in [-0.25, -0.2) is 9.97 Å². The van der Waals surface area contributed by atoms with Crippen LogP contribution >= 0.6 is 11.3 Å². The number of hydrogen-bond donors (Lipinski definition) is 1. The zero-order valence-electron chi connectivity index (χ0n) is 17.3. The molecule has 1 saturated heterocycles. The van der Waals surface area contributed by atoms with Crippen molar-refractivity contribution in [1.82, 2.24) is 9.97 Å². The third-order valence-electron chi connectivity index (χ3n) is 5.49. The molecule has 152 valence electrons. The molecule has 0 unspecified atom stereocenters. The first-order chi connectivity index (χ1) is 14.0. The monoisotopic (exact) mass is 410 g/mol. The molecule has 1 fully saturated rings. The van der Waals surface area contributed by atoms with E-state index >= 15 is 0 Å². The number of nitrogens with zero attached hydrogens (tertiary/aromatic N) is 3. The number of carbonyl (C=O) groups excluding carboxylic acids is 1. The minimum atomic E-state index is -0.131. The summed E-state index contributed by atoms with van der Waals surface area (Å²) in [5, 5.41) is 3.99. The summed E-state index contributed by atoms with van der Waals surface area (Å²) in [7, 11) is 1.61. The van der Waals surface area contributed by atoms with E-state index in [-0.39, 0.29) is 5.91 Å². The molecule has 0 radical (unpaired) electrons. The number of methoxy groups -OCH3 is 1. The lowest BCUT2D eigenvalue weighted by Gasteiger charge is -2.35. The molecular weight excluding hydrogens is 384 g/mol. The van der Waals surface area contributed by atoms with Gasteiger partial charge in [-0.05, 0) is 57.7 Å². The molecule has 4 rings (SSSR count). The van der Waals surface area contributed by atoms with Crippen LogP contribution in [0.3, 0.4) is 0 Å². The topological polar surface area (TPSA) is 67.3 Å². The highest BCUT2D eigenvalue weighted by Crippen LogP contribution is 2.37. The number of hydrogen-bond acceptors (Lipinski definition) is 6. The van der Waals surface area contributed by atoms with E-state index in [1.54, 1.807) is 7.11 Å². The fraction of sp³-hybridized carbons (Fsp3) is 0.409. The quantitative estimate of drug-likeness (QED) is 0.659. The number of aryl methyl sites for hydroxylation is 2. The summed E-state index contributed by atoms with van der Waals surface area (Å²) in [6, 6.07) is 7.82. The lowest BCUT2D eigenvalue weighted by molar-refractivity contribution is 0.103. The Morgan fingerprint density at radius 3 is 2.86 bits per heavy atom. The van der Waals surface area contributed by atoms with E-state index in [1.807, 2.05) is 38.1 Å². The van der Waals surface area contributed by atoms with Gasteiger partial charge in [0.15, 0.2) is 0 Å². The number of amides is 1. The van der Waals surface area contributed by atoms with Crippen LogP contribution in [0, 0.1) is 13.8 Å². The zero-order chi connectivity index (χ0) is 20.5. The molecule has 0 saturated carbocycles. The van der Waals surface area contributed by atoms with Gasteiger partial charge in [0.2, 0.25) is 0 Å². The van der Waals surface area contributed by atoms with Gasteiger partial charge in [0.05, 0.1) is 17.4 Å². The van der Waals surface area contributed by atoms with Crippen molar-refractivity contribution in [3.63, 3.8) is 0 Å². The van der Waals surface area contributed by atoms with Gasteiger partial charge in [0.25, 0.3) is 5.91 Å². The van der Waals surface area contributed by atoms with Gasteiger partial charge in [-0.2, -0.15) is 0 Å². The predicted molar refractivity (Wildman–Crippen MR) is 118 cm³/mol. The molecule has 29 heavy (non-hydrogen) atoms. The number of anilines is 2. The molecular formula is C22H26N4O2S. The molecule has 3 aromatic rings. The first kappa shape index (κ1) is 19.6. The number of fused-ring (bicyclic) bond motifs is 1. The maximum Gasteiger partial charge on any atom is 0.266 e. The van der Waals surface area contributed by atoms with Crippen molar-refractivity contribution in [2.45, 2.75) is 46.1 Å². The first-order valence-corrected chi connectivity index (χ1v) is 10.8. The average Bonchev–Trinajstić information content (AvgIpc) is 3.04. The molecule has 2 aromatic heterocycles. The number of rotatable bonds is 4. The van der Waals surface area contributed by atoms with E-state index in [9.17, 15) is 4.79 Å². The summed E-state index contributed by atoms with van der Waals surface area (Å²) in [4.78, 5) is 26.4. The van der Waals surface area contributed by atoms with Crippen LogP contribution in [0.4, 0.5) is 11.5 Å². The molecule has 0 bridgehead atoms. The summed E-state index contributed by atoms with van der Waals surface area (Å²) >= 11 is 1.43. The van der Waals surface area contributed by atoms with E-state index in [1.165, 1.54) is 24.2 Å². The van der Waals surface area contributed by atoms with E-state index < -0.39 is 0 Å². The number of nitrogens with one attached hydrogen (secondary N) is 1. The molecule has 1 atom stereocenters. The Kier molecular flexibility index (Phi) is 5.41. The van der Waals surface area contributed by atoms with E-state index in [0.717, 1.165) is 40.4 Å². The van der Waals surface area contributed by atoms with Gasteiger partial charge >= 0.3 is 0 Å². The van der Waals surface area contributed by atoms with Crippen molar-refractivity contribution in [2.24, 2.45) is 0 Å². The van der Waals surface area contributed by atoms with Crippen LogP contribution in [0.2, 0.25) is 0 Å². The van der Waals surface area contributed by atoms with Crippen LogP contribution in [0.15, 0.2) is 24.3 Å². The Hall–Kier alpha value is -2.67. The number of piperidine rings is 1. The van der Waals surface area contributed by atoms with Gasteiger partial charge in [0, 0.05) is 24.3 Å². The predicted octanol–water partition coefficient (Wildman–Crippen LogP) is 4.95. The van der Waals surface area contributed by atoms with Crippen molar-refractivity contribution < 1.29 is 9.53 Å². The van der Waals surface area contributed by atoms with Crippen molar-refractivity contribution in [1.29, 1.82) is 0 Å². The van der Waals surface area contributed by atoms with Crippen LogP contribution in [-0.2, 0) is 0 Å². The van der Waals surface area contributed by atoms with Crippen LogP contribution in [-0.4, -0.2) is 35.6 Å². The number of ether oxygens (including phenoxy) is 1. The molecule has 0 aliphatic carbocycles.